The predicted octanol–water partition coefficient (Wildman–Crippen LogP) is 1.11. The molecule has 4 N–H and O–H groups in total. The molecule has 1 aliphatic carbocycles. The Morgan fingerprint density at radius 3 is 2.67 bits per heavy atom. The molecule has 1 fully saturated rings. The summed E-state index contributed by atoms with van der Waals surface area (Å²) in [5.74, 6) is -0.759. The number of nitrogen functional groups attached to an aromatic ring is 1. The number of carbonyl (C=O) groups excluding carboxylic acids is 1. The number of hydrogen-bond donors (Lipinski definition) is 3. The molecular formula is C16H23N5O3. The number of aromatic nitrogens is 3. The highest BCUT2D eigenvalue weighted by atomic mass is 16.3. The summed E-state index contributed by atoms with van der Waals surface area (Å²) in [6, 6.07) is 1.58. The van der Waals surface area contributed by atoms with Gasteiger partial charge in [-0.2, -0.15) is 4.52 Å². The summed E-state index contributed by atoms with van der Waals surface area (Å²) in [6.07, 6.45) is 2.83. The van der Waals surface area contributed by atoms with E-state index in [1.165, 1.54) is 10.6 Å². The summed E-state index contributed by atoms with van der Waals surface area (Å²) in [5, 5.41) is 17.4. The van der Waals surface area contributed by atoms with Gasteiger partial charge < -0.3 is 16.2 Å². The number of anilines is 1. The molecule has 3 rings (SSSR count). The van der Waals surface area contributed by atoms with Gasteiger partial charge in [0.2, 0.25) is 5.88 Å². The topological polar surface area (TPSA) is 115 Å². The Kier molecular flexibility index (Phi) is 3.77. The van der Waals surface area contributed by atoms with Crippen LogP contribution in [0.4, 0.5) is 5.82 Å². The Labute approximate surface area is 139 Å². The van der Waals surface area contributed by atoms with Gasteiger partial charge in [0.1, 0.15) is 11.5 Å². The van der Waals surface area contributed by atoms with Crippen molar-refractivity contribution in [1.82, 2.24) is 19.5 Å². The maximum atomic E-state index is 12.6. The van der Waals surface area contributed by atoms with Crippen LogP contribution in [-0.4, -0.2) is 31.2 Å². The number of carbonyl (C=O) groups is 1. The highest BCUT2D eigenvalue weighted by Gasteiger charge is 2.28. The van der Waals surface area contributed by atoms with Gasteiger partial charge in [0.25, 0.3) is 11.5 Å². The van der Waals surface area contributed by atoms with E-state index in [0.717, 1.165) is 23.8 Å². The van der Waals surface area contributed by atoms with Crippen LogP contribution in [0, 0.1) is 5.41 Å². The van der Waals surface area contributed by atoms with Crippen LogP contribution in [0.15, 0.2) is 10.9 Å². The molecule has 1 saturated carbocycles. The van der Waals surface area contributed by atoms with Gasteiger partial charge in [-0.05, 0) is 24.7 Å². The van der Waals surface area contributed by atoms with Crippen molar-refractivity contribution < 1.29 is 9.90 Å². The first-order valence-corrected chi connectivity index (χ1v) is 8.09. The Morgan fingerprint density at radius 1 is 1.46 bits per heavy atom. The van der Waals surface area contributed by atoms with Gasteiger partial charge in [0.05, 0.1) is 0 Å². The van der Waals surface area contributed by atoms with Crippen LogP contribution in [0.5, 0.6) is 5.88 Å². The monoisotopic (exact) mass is 333 g/mol. The van der Waals surface area contributed by atoms with Gasteiger partial charge in [0, 0.05) is 18.7 Å². The molecule has 2 heterocycles. The van der Waals surface area contributed by atoms with Crippen molar-refractivity contribution in [1.29, 1.82) is 0 Å². The second kappa shape index (κ2) is 5.54. The summed E-state index contributed by atoms with van der Waals surface area (Å²) in [7, 11) is 0. The number of fused-ring (bicyclic) bond motifs is 1. The standard InChI is InChI=1S/C16H23N5O3/c1-16(2,3)8-20-11-7-10(17)19-21(11)15(24)12(14(20)23)13(22)18-9-5-4-6-9/h7,9,23H,4-6,8H2,1-3H3,(H2,17,19)(H,18,22). The number of aromatic hydroxyl groups is 1. The maximum Gasteiger partial charge on any atom is 0.291 e. The summed E-state index contributed by atoms with van der Waals surface area (Å²) >= 11 is 0. The van der Waals surface area contributed by atoms with Crippen molar-refractivity contribution in [2.75, 3.05) is 5.73 Å². The van der Waals surface area contributed by atoms with Crippen molar-refractivity contribution in [3.63, 3.8) is 0 Å². The van der Waals surface area contributed by atoms with E-state index in [4.69, 9.17) is 5.73 Å². The second-order valence-electron chi connectivity index (χ2n) is 7.59. The normalized spacial score (nSPS) is 15.5. The molecule has 0 aromatic carbocycles. The molecule has 24 heavy (non-hydrogen) atoms. The number of amides is 1. The Bertz CT molecular complexity index is 855. The fraction of sp³-hybridized carbons (Fsp3) is 0.562. The van der Waals surface area contributed by atoms with Crippen LogP contribution < -0.4 is 16.6 Å². The van der Waals surface area contributed by atoms with E-state index < -0.39 is 11.5 Å². The summed E-state index contributed by atoms with van der Waals surface area (Å²) in [6.45, 7) is 6.39. The van der Waals surface area contributed by atoms with Gasteiger partial charge >= 0.3 is 0 Å². The first-order valence-electron chi connectivity index (χ1n) is 8.09. The van der Waals surface area contributed by atoms with E-state index in [1.54, 1.807) is 0 Å². The van der Waals surface area contributed by atoms with Crippen LogP contribution in [0.3, 0.4) is 0 Å². The molecule has 8 heteroatoms. The lowest BCUT2D eigenvalue weighted by Gasteiger charge is -2.27. The third kappa shape index (κ3) is 2.83. The lowest BCUT2D eigenvalue weighted by molar-refractivity contribution is 0.0910. The van der Waals surface area contributed by atoms with E-state index in [0.29, 0.717) is 12.2 Å². The molecule has 0 radical (unpaired) electrons. The molecule has 1 amide bonds. The van der Waals surface area contributed by atoms with Crippen LogP contribution in [-0.2, 0) is 6.54 Å². The van der Waals surface area contributed by atoms with Gasteiger partial charge in [0.15, 0.2) is 5.56 Å². The number of nitrogens with two attached hydrogens (primary N) is 1. The summed E-state index contributed by atoms with van der Waals surface area (Å²) < 4.78 is 2.59. The lowest BCUT2D eigenvalue weighted by atomic mass is 9.93. The highest BCUT2D eigenvalue weighted by molar-refractivity contribution is 5.96. The third-order valence-electron chi connectivity index (χ3n) is 4.17. The molecule has 8 nitrogen and oxygen atoms in total. The largest absolute Gasteiger partial charge is 0.494 e. The van der Waals surface area contributed by atoms with Crippen molar-refractivity contribution in [3.05, 3.63) is 22.0 Å². The van der Waals surface area contributed by atoms with Crippen LogP contribution in [0.1, 0.15) is 50.4 Å². The molecule has 0 atom stereocenters. The van der Waals surface area contributed by atoms with Crippen molar-refractivity contribution in [3.8, 4) is 5.88 Å². The minimum atomic E-state index is -0.666. The Balaban J connectivity index is 2.17. The molecule has 130 valence electrons. The number of nitrogens with zero attached hydrogens (tertiary/aromatic N) is 3. The van der Waals surface area contributed by atoms with Crippen molar-refractivity contribution in [2.24, 2.45) is 5.41 Å². The molecular weight excluding hydrogens is 310 g/mol. The zero-order valence-corrected chi connectivity index (χ0v) is 14.2. The smallest absolute Gasteiger partial charge is 0.291 e. The van der Waals surface area contributed by atoms with E-state index in [1.807, 2.05) is 20.8 Å². The molecule has 0 saturated heterocycles. The van der Waals surface area contributed by atoms with Gasteiger partial charge in [-0.25, -0.2) is 0 Å². The predicted molar refractivity (Wildman–Crippen MR) is 90.1 cm³/mol. The average molecular weight is 333 g/mol. The number of hydrogen-bond acceptors (Lipinski definition) is 5. The zero-order chi connectivity index (χ0) is 17.6. The fourth-order valence-electron chi connectivity index (χ4n) is 2.81. The Morgan fingerprint density at radius 2 is 2.12 bits per heavy atom. The zero-order valence-electron chi connectivity index (χ0n) is 14.2. The summed E-state index contributed by atoms with van der Waals surface area (Å²) in [4.78, 5) is 25.1. The van der Waals surface area contributed by atoms with Crippen LogP contribution in [0.25, 0.3) is 5.65 Å². The maximum absolute atomic E-state index is 12.6. The Hall–Kier alpha value is -2.51. The molecule has 2 aromatic rings. The van der Waals surface area contributed by atoms with Gasteiger partial charge in [-0.3, -0.25) is 14.2 Å². The quantitative estimate of drug-likeness (QED) is 0.778. The van der Waals surface area contributed by atoms with Gasteiger partial charge in [-0.15, -0.1) is 5.10 Å². The lowest BCUT2D eigenvalue weighted by Crippen LogP contribution is -2.42. The summed E-state index contributed by atoms with van der Waals surface area (Å²) in [5.41, 5.74) is 4.94. The van der Waals surface area contributed by atoms with Gasteiger partial charge in [-0.1, -0.05) is 20.8 Å². The molecule has 0 unspecified atom stereocenters. The third-order valence-corrected chi connectivity index (χ3v) is 4.17. The van der Waals surface area contributed by atoms with E-state index in [9.17, 15) is 14.7 Å². The van der Waals surface area contributed by atoms with E-state index in [-0.39, 0.29) is 28.7 Å². The highest BCUT2D eigenvalue weighted by Crippen LogP contribution is 2.26. The molecule has 0 aliphatic heterocycles. The fourth-order valence-corrected chi connectivity index (χ4v) is 2.81. The molecule has 0 spiro atoms. The minimum Gasteiger partial charge on any atom is -0.494 e. The SMILES string of the molecule is CC(C)(C)Cn1c(O)c(C(=O)NC2CCC2)c(=O)n2nc(N)cc12. The first-order chi connectivity index (χ1) is 11.2. The molecule has 0 bridgehead atoms. The minimum absolute atomic E-state index is 0.0609. The van der Waals surface area contributed by atoms with Crippen LogP contribution in [0.2, 0.25) is 0 Å². The van der Waals surface area contributed by atoms with E-state index >= 15 is 0 Å². The van der Waals surface area contributed by atoms with Crippen molar-refractivity contribution in [2.45, 2.75) is 52.6 Å². The number of nitrogens with one attached hydrogen (secondary N) is 1. The van der Waals surface area contributed by atoms with Crippen molar-refractivity contribution >= 4 is 17.4 Å². The average Bonchev–Trinajstić information content (AvgIpc) is 2.80. The molecule has 1 aliphatic rings. The second-order valence-corrected chi connectivity index (χ2v) is 7.59. The first kappa shape index (κ1) is 16.4. The van der Waals surface area contributed by atoms with E-state index in [2.05, 4.69) is 10.4 Å². The van der Waals surface area contributed by atoms with Crippen LogP contribution >= 0.6 is 0 Å². The molecule has 2 aromatic heterocycles. The number of rotatable bonds is 3.